The molecule has 0 aliphatic heterocycles. The van der Waals surface area contributed by atoms with Crippen LogP contribution in [0.1, 0.15) is 13.8 Å². The van der Waals surface area contributed by atoms with Gasteiger partial charge in [-0.2, -0.15) is 4.39 Å². The predicted octanol–water partition coefficient (Wildman–Crippen LogP) is 4.92. The largest absolute Gasteiger partial charge is 0.508 e. The van der Waals surface area contributed by atoms with Gasteiger partial charge in [0.05, 0.1) is 4.92 Å². The quantitative estimate of drug-likeness (QED) is 0.335. The van der Waals surface area contributed by atoms with Gasteiger partial charge in [0, 0.05) is 29.9 Å². The molecule has 0 radical (unpaired) electrons. The number of nitro benzene ring substituents is 1. The van der Waals surface area contributed by atoms with E-state index in [0.717, 1.165) is 28.6 Å². The molecular weight excluding hydrogens is 365 g/mol. The summed E-state index contributed by atoms with van der Waals surface area (Å²) in [5.74, 6) is -0.623. The maximum Gasteiger partial charge on any atom is 0.306 e. The van der Waals surface area contributed by atoms with Crippen LogP contribution in [0.15, 0.2) is 54.6 Å². The Labute approximate surface area is 162 Å². The van der Waals surface area contributed by atoms with Crippen molar-refractivity contribution < 1.29 is 19.2 Å². The first-order valence-corrected chi connectivity index (χ1v) is 8.50. The third-order valence-corrected chi connectivity index (χ3v) is 3.50. The van der Waals surface area contributed by atoms with E-state index in [0.29, 0.717) is 12.2 Å². The lowest BCUT2D eigenvalue weighted by Crippen LogP contribution is -1.97. The number of hydrogen-bond acceptors (Lipinski definition) is 5. The van der Waals surface area contributed by atoms with Crippen molar-refractivity contribution >= 4 is 34.2 Å². The number of anilines is 2. The van der Waals surface area contributed by atoms with Crippen LogP contribution in [0, 0.1) is 15.9 Å². The number of phenols is 1. The second-order valence-electron chi connectivity index (χ2n) is 5.15. The number of fused-ring (bicyclic) bond motifs is 1. The highest BCUT2D eigenvalue weighted by Gasteiger charge is 2.13. The Kier molecular flexibility index (Phi) is 8.88. The van der Waals surface area contributed by atoms with Gasteiger partial charge in [-0.05, 0) is 41.8 Å². The van der Waals surface area contributed by atoms with Crippen LogP contribution in [-0.2, 0) is 4.79 Å². The molecule has 28 heavy (non-hydrogen) atoms. The Morgan fingerprint density at radius 2 is 1.82 bits per heavy atom. The van der Waals surface area contributed by atoms with E-state index in [1.165, 1.54) is 6.07 Å². The monoisotopic (exact) mass is 387 g/mol. The number of phenolic OH excluding ortho intramolecular Hbond substituents is 1. The number of carbonyl (C=O) groups is 1. The normalized spacial score (nSPS) is 9.29. The van der Waals surface area contributed by atoms with Gasteiger partial charge in [-0.3, -0.25) is 14.9 Å². The smallest absolute Gasteiger partial charge is 0.306 e. The van der Waals surface area contributed by atoms with Crippen LogP contribution in [0.25, 0.3) is 10.8 Å². The van der Waals surface area contributed by atoms with Crippen molar-refractivity contribution in [1.29, 1.82) is 0 Å². The predicted molar refractivity (Wildman–Crippen MR) is 109 cm³/mol. The van der Waals surface area contributed by atoms with Crippen molar-refractivity contribution in [2.24, 2.45) is 0 Å². The summed E-state index contributed by atoms with van der Waals surface area (Å²) in [5, 5.41) is 27.0. The fourth-order valence-corrected chi connectivity index (χ4v) is 2.30. The van der Waals surface area contributed by atoms with Crippen molar-refractivity contribution in [3.8, 4) is 5.75 Å². The minimum atomic E-state index is -0.929. The molecule has 0 atom stereocenters. The Morgan fingerprint density at radius 3 is 2.43 bits per heavy atom. The fourth-order valence-electron chi connectivity index (χ4n) is 2.30. The SMILES string of the molecule is CC.CNc1cccc2cc(O)ccc12.O=CNc1ccc(F)c([N+](=O)[O-])c1. The van der Waals surface area contributed by atoms with Gasteiger partial charge in [-0.1, -0.05) is 26.0 Å². The summed E-state index contributed by atoms with van der Waals surface area (Å²) >= 11 is 0. The van der Waals surface area contributed by atoms with Gasteiger partial charge in [0.1, 0.15) is 5.75 Å². The number of rotatable bonds is 4. The molecular formula is C20H22FN3O4. The number of aromatic hydroxyl groups is 1. The standard InChI is InChI=1S/C11H11NO.C7H5FN2O3.C2H6/c1-12-11-4-2-3-8-7-9(13)5-6-10(8)11;8-6-2-1-5(9-4-11)3-7(6)10(12)13;1-2/h2-7,12-13H,1H3;1-4H,(H,9,11);1-2H3. The second kappa shape index (κ2) is 11.1. The molecule has 0 unspecified atom stereocenters. The molecule has 0 spiro atoms. The average molecular weight is 387 g/mol. The molecule has 0 aromatic heterocycles. The highest BCUT2D eigenvalue weighted by atomic mass is 19.1. The zero-order chi connectivity index (χ0) is 21.1. The molecule has 3 aromatic rings. The van der Waals surface area contributed by atoms with Crippen molar-refractivity contribution in [3.05, 3.63) is 70.5 Å². The van der Waals surface area contributed by atoms with Crippen LogP contribution in [0.2, 0.25) is 0 Å². The van der Waals surface area contributed by atoms with E-state index < -0.39 is 16.4 Å². The van der Waals surface area contributed by atoms with Gasteiger partial charge in [0.2, 0.25) is 12.2 Å². The van der Waals surface area contributed by atoms with Gasteiger partial charge in [-0.25, -0.2) is 0 Å². The van der Waals surface area contributed by atoms with E-state index in [1.807, 2.05) is 45.2 Å². The summed E-state index contributed by atoms with van der Waals surface area (Å²) in [5.41, 5.74) is 0.604. The first-order chi connectivity index (χ1) is 13.5. The molecule has 3 N–H and O–H groups in total. The molecule has 3 aromatic carbocycles. The zero-order valence-corrected chi connectivity index (χ0v) is 15.8. The number of nitrogens with zero attached hydrogens (tertiary/aromatic N) is 1. The molecule has 148 valence electrons. The Morgan fingerprint density at radius 1 is 1.11 bits per heavy atom. The zero-order valence-electron chi connectivity index (χ0n) is 15.8. The third-order valence-electron chi connectivity index (χ3n) is 3.50. The Bertz CT molecular complexity index is 948. The number of amides is 1. The number of nitro groups is 1. The summed E-state index contributed by atoms with van der Waals surface area (Å²) in [6.07, 6.45) is 0.358. The van der Waals surface area contributed by atoms with Crippen LogP contribution < -0.4 is 10.6 Å². The number of benzene rings is 3. The lowest BCUT2D eigenvalue weighted by molar-refractivity contribution is -0.387. The van der Waals surface area contributed by atoms with E-state index >= 15 is 0 Å². The second-order valence-corrected chi connectivity index (χ2v) is 5.15. The number of carbonyl (C=O) groups excluding carboxylic acids is 1. The van der Waals surface area contributed by atoms with Gasteiger partial charge in [0.25, 0.3) is 0 Å². The highest BCUT2D eigenvalue weighted by molar-refractivity contribution is 5.94. The van der Waals surface area contributed by atoms with Crippen molar-refractivity contribution in [3.63, 3.8) is 0 Å². The molecule has 0 fully saturated rings. The Hall–Kier alpha value is -3.68. The Balaban J connectivity index is 0.000000257. The van der Waals surface area contributed by atoms with Gasteiger partial charge >= 0.3 is 5.69 Å². The first-order valence-electron chi connectivity index (χ1n) is 8.50. The lowest BCUT2D eigenvalue weighted by Gasteiger charge is -2.05. The molecule has 7 nitrogen and oxygen atoms in total. The summed E-state index contributed by atoms with van der Waals surface area (Å²) in [6.45, 7) is 4.00. The number of hydrogen-bond donors (Lipinski definition) is 3. The minimum absolute atomic E-state index is 0.183. The summed E-state index contributed by atoms with van der Waals surface area (Å²) in [6, 6.07) is 14.4. The van der Waals surface area contributed by atoms with Crippen LogP contribution in [0.4, 0.5) is 21.5 Å². The van der Waals surface area contributed by atoms with E-state index in [-0.39, 0.29) is 5.69 Å². The lowest BCUT2D eigenvalue weighted by atomic mass is 10.1. The van der Waals surface area contributed by atoms with E-state index in [9.17, 15) is 24.4 Å². The summed E-state index contributed by atoms with van der Waals surface area (Å²) < 4.78 is 12.7. The van der Waals surface area contributed by atoms with E-state index in [2.05, 4.69) is 10.6 Å². The number of nitrogens with one attached hydrogen (secondary N) is 2. The molecule has 0 heterocycles. The van der Waals surface area contributed by atoms with Crippen LogP contribution in [0.3, 0.4) is 0 Å². The summed E-state index contributed by atoms with van der Waals surface area (Å²) in [7, 11) is 1.89. The molecule has 3 rings (SSSR count). The minimum Gasteiger partial charge on any atom is -0.508 e. The molecule has 0 aliphatic carbocycles. The van der Waals surface area contributed by atoms with Crippen LogP contribution in [-0.4, -0.2) is 23.5 Å². The molecule has 0 saturated heterocycles. The molecule has 0 aliphatic rings. The average Bonchev–Trinajstić information content (AvgIpc) is 2.70. The summed E-state index contributed by atoms with van der Waals surface area (Å²) in [4.78, 5) is 19.3. The van der Waals surface area contributed by atoms with Crippen molar-refractivity contribution in [2.75, 3.05) is 17.7 Å². The third kappa shape index (κ3) is 5.94. The van der Waals surface area contributed by atoms with Crippen LogP contribution >= 0.6 is 0 Å². The van der Waals surface area contributed by atoms with Crippen LogP contribution in [0.5, 0.6) is 5.75 Å². The molecule has 0 saturated carbocycles. The van der Waals surface area contributed by atoms with Crippen molar-refractivity contribution in [1.82, 2.24) is 0 Å². The maximum atomic E-state index is 12.7. The van der Waals surface area contributed by atoms with Gasteiger partial charge in [-0.15, -0.1) is 0 Å². The van der Waals surface area contributed by atoms with Crippen molar-refractivity contribution in [2.45, 2.75) is 13.8 Å². The maximum absolute atomic E-state index is 12.7. The molecule has 1 amide bonds. The van der Waals surface area contributed by atoms with E-state index in [4.69, 9.17) is 0 Å². The number of halogens is 1. The van der Waals surface area contributed by atoms with Gasteiger partial charge in [0.15, 0.2) is 0 Å². The van der Waals surface area contributed by atoms with Gasteiger partial charge < -0.3 is 15.7 Å². The van der Waals surface area contributed by atoms with E-state index in [1.54, 1.807) is 12.1 Å². The molecule has 8 heteroatoms. The first kappa shape index (κ1) is 22.4. The highest BCUT2D eigenvalue weighted by Crippen LogP contribution is 2.26. The molecule has 0 bridgehead atoms. The topological polar surface area (TPSA) is 104 Å². The fraction of sp³-hybridized carbons (Fsp3) is 0.150.